The first kappa shape index (κ1) is 13.7. The van der Waals surface area contributed by atoms with Crippen molar-refractivity contribution in [3.8, 4) is 0 Å². The molecule has 0 heterocycles. The number of ether oxygens (including phenoxy) is 1. The average molecular weight is 300 g/mol. The molecule has 0 bridgehead atoms. The molecule has 5 heteroatoms. The van der Waals surface area contributed by atoms with Crippen LogP contribution in [0.15, 0.2) is 28.7 Å². The third-order valence-electron chi connectivity index (χ3n) is 2.32. The molecule has 4 nitrogen and oxygen atoms in total. The number of carbonyl (C=O) groups excluding carboxylic acids is 2. The second kappa shape index (κ2) is 6.39. The summed E-state index contributed by atoms with van der Waals surface area (Å²) < 4.78 is 5.50. The molecule has 0 radical (unpaired) electrons. The number of hydrogen-bond acceptors (Lipinski definition) is 3. The third kappa shape index (κ3) is 3.85. The highest BCUT2D eigenvalue weighted by Gasteiger charge is 2.25. The summed E-state index contributed by atoms with van der Waals surface area (Å²) in [6.45, 7) is 1.77. The van der Waals surface area contributed by atoms with Gasteiger partial charge in [-0.15, -0.1) is 0 Å². The Balaban J connectivity index is 2.70. The molecule has 0 aromatic heterocycles. The number of anilines is 1. The van der Waals surface area contributed by atoms with Gasteiger partial charge in [0.25, 0.3) is 0 Å². The number of amides is 1. The van der Waals surface area contributed by atoms with Gasteiger partial charge in [-0.1, -0.05) is 22.9 Å². The van der Waals surface area contributed by atoms with Gasteiger partial charge >= 0.3 is 5.97 Å². The topological polar surface area (TPSA) is 55.4 Å². The van der Waals surface area contributed by atoms with E-state index in [-0.39, 0.29) is 5.91 Å². The molecular weight excluding hydrogens is 286 g/mol. The number of methoxy groups -OCH3 is 1. The minimum atomic E-state index is -0.761. The summed E-state index contributed by atoms with van der Waals surface area (Å²) in [6.07, 6.45) is 0.412. The van der Waals surface area contributed by atoms with Crippen LogP contribution in [0.4, 0.5) is 5.69 Å². The van der Waals surface area contributed by atoms with Gasteiger partial charge in [-0.05, 0) is 30.7 Å². The van der Waals surface area contributed by atoms with E-state index >= 15 is 0 Å². The molecule has 0 aliphatic rings. The zero-order valence-corrected chi connectivity index (χ0v) is 11.3. The molecule has 17 heavy (non-hydrogen) atoms. The van der Waals surface area contributed by atoms with Gasteiger partial charge in [0, 0.05) is 10.2 Å². The molecule has 0 aliphatic heterocycles. The van der Waals surface area contributed by atoms with Crippen LogP contribution < -0.4 is 5.32 Å². The fraction of sp³-hybridized carbons (Fsp3) is 0.333. The Labute approximate surface area is 108 Å². The lowest BCUT2D eigenvalue weighted by atomic mass is 10.1. The fourth-order valence-electron chi connectivity index (χ4n) is 1.36. The highest BCUT2D eigenvalue weighted by atomic mass is 79.9. The van der Waals surface area contributed by atoms with Crippen LogP contribution in [0.2, 0.25) is 0 Å². The Hall–Kier alpha value is -1.36. The fourth-order valence-corrected chi connectivity index (χ4v) is 1.63. The SMILES string of the molecule is CCC(C(=O)Nc1ccc(Br)cc1)C(=O)OC. The second-order valence-corrected chi connectivity index (χ2v) is 4.40. The van der Waals surface area contributed by atoms with Gasteiger partial charge in [-0.25, -0.2) is 0 Å². The molecule has 92 valence electrons. The van der Waals surface area contributed by atoms with Crippen molar-refractivity contribution in [1.82, 2.24) is 0 Å². The molecule has 1 aromatic carbocycles. The third-order valence-corrected chi connectivity index (χ3v) is 2.85. The lowest BCUT2D eigenvalue weighted by Crippen LogP contribution is -2.30. The van der Waals surface area contributed by atoms with E-state index in [1.165, 1.54) is 7.11 Å². The Morgan fingerprint density at radius 1 is 1.35 bits per heavy atom. The molecule has 1 unspecified atom stereocenters. The van der Waals surface area contributed by atoms with Gasteiger partial charge in [0.05, 0.1) is 7.11 Å². The highest BCUT2D eigenvalue weighted by Crippen LogP contribution is 2.16. The van der Waals surface area contributed by atoms with Gasteiger partial charge in [0.2, 0.25) is 5.91 Å². The molecule has 0 aliphatic carbocycles. The molecular formula is C12H14BrNO3. The van der Waals surface area contributed by atoms with Crippen LogP contribution in [0.5, 0.6) is 0 Å². The van der Waals surface area contributed by atoms with E-state index in [1.807, 2.05) is 12.1 Å². The summed E-state index contributed by atoms with van der Waals surface area (Å²) in [5, 5.41) is 2.67. The van der Waals surface area contributed by atoms with Gasteiger partial charge in [-0.2, -0.15) is 0 Å². The summed E-state index contributed by atoms with van der Waals surface area (Å²) >= 11 is 3.30. The molecule has 1 N–H and O–H groups in total. The number of hydrogen-bond donors (Lipinski definition) is 1. The normalized spacial score (nSPS) is 11.7. The smallest absolute Gasteiger partial charge is 0.318 e. The summed E-state index contributed by atoms with van der Waals surface area (Å²) in [7, 11) is 1.28. The molecule has 0 saturated heterocycles. The van der Waals surface area contributed by atoms with Gasteiger partial charge in [-0.3, -0.25) is 9.59 Å². The quantitative estimate of drug-likeness (QED) is 0.687. The van der Waals surface area contributed by atoms with Crippen LogP contribution in [-0.2, 0) is 14.3 Å². The molecule has 0 saturated carbocycles. The number of carbonyl (C=O) groups is 2. The van der Waals surface area contributed by atoms with E-state index in [0.717, 1.165) is 4.47 Å². The van der Waals surface area contributed by atoms with Crippen LogP contribution in [-0.4, -0.2) is 19.0 Å². The van der Waals surface area contributed by atoms with E-state index in [1.54, 1.807) is 19.1 Å². The van der Waals surface area contributed by atoms with Crippen molar-refractivity contribution in [2.45, 2.75) is 13.3 Å². The standard InChI is InChI=1S/C12H14BrNO3/c1-3-10(12(16)17-2)11(15)14-9-6-4-8(13)5-7-9/h4-7,10H,3H2,1-2H3,(H,14,15). The Morgan fingerprint density at radius 2 is 1.94 bits per heavy atom. The summed E-state index contributed by atoms with van der Waals surface area (Å²) in [6, 6.07) is 7.14. The first-order valence-corrected chi connectivity index (χ1v) is 6.02. The van der Waals surface area contributed by atoms with Crippen molar-refractivity contribution in [3.63, 3.8) is 0 Å². The summed E-state index contributed by atoms with van der Waals surface area (Å²) in [5.41, 5.74) is 0.653. The summed E-state index contributed by atoms with van der Waals surface area (Å²) in [4.78, 5) is 23.1. The van der Waals surface area contributed by atoms with E-state index < -0.39 is 11.9 Å². The predicted molar refractivity (Wildman–Crippen MR) is 68.6 cm³/mol. The largest absolute Gasteiger partial charge is 0.468 e. The number of halogens is 1. The Kier molecular flexibility index (Phi) is 5.15. The van der Waals surface area contributed by atoms with E-state index in [9.17, 15) is 9.59 Å². The zero-order valence-electron chi connectivity index (χ0n) is 9.70. The van der Waals surface area contributed by atoms with E-state index in [0.29, 0.717) is 12.1 Å². The number of esters is 1. The van der Waals surface area contributed by atoms with Crippen molar-refractivity contribution >= 4 is 33.5 Å². The molecule has 1 aromatic rings. The maximum Gasteiger partial charge on any atom is 0.318 e. The summed E-state index contributed by atoms with van der Waals surface area (Å²) in [5.74, 6) is -1.62. The van der Waals surface area contributed by atoms with Crippen molar-refractivity contribution in [2.75, 3.05) is 12.4 Å². The highest BCUT2D eigenvalue weighted by molar-refractivity contribution is 9.10. The van der Waals surface area contributed by atoms with Crippen LogP contribution in [0.3, 0.4) is 0 Å². The van der Waals surface area contributed by atoms with Gasteiger partial charge < -0.3 is 10.1 Å². The first-order valence-electron chi connectivity index (χ1n) is 5.22. The van der Waals surface area contributed by atoms with E-state index in [4.69, 9.17) is 0 Å². The van der Waals surface area contributed by atoms with Crippen LogP contribution >= 0.6 is 15.9 Å². The van der Waals surface area contributed by atoms with Gasteiger partial charge in [0.1, 0.15) is 5.92 Å². The maximum atomic E-state index is 11.8. The molecule has 1 rings (SSSR count). The van der Waals surface area contributed by atoms with Crippen molar-refractivity contribution in [1.29, 1.82) is 0 Å². The molecule has 1 amide bonds. The zero-order chi connectivity index (χ0) is 12.8. The van der Waals surface area contributed by atoms with Crippen LogP contribution in [0, 0.1) is 5.92 Å². The van der Waals surface area contributed by atoms with E-state index in [2.05, 4.69) is 26.0 Å². The number of nitrogens with one attached hydrogen (secondary N) is 1. The second-order valence-electron chi connectivity index (χ2n) is 3.48. The lowest BCUT2D eigenvalue weighted by molar-refractivity contribution is -0.148. The van der Waals surface area contributed by atoms with Crippen molar-refractivity contribution in [2.24, 2.45) is 5.92 Å². The Morgan fingerprint density at radius 3 is 2.41 bits per heavy atom. The van der Waals surface area contributed by atoms with Crippen molar-refractivity contribution in [3.05, 3.63) is 28.7 Å². The molecule has 1 atom stereocenters. The van der Waals surface area contributed by atoms with Crippen LogP contribution in [0.25, 0.3) is 0 Å². The van der Waals surface area contributed by atoms with Gasteiger partial charge in [0.15, 0.2) is 0 Å². The average Bonchev–Trinajstić information content (AvgIpc) is 2.32. The number of rotatable bonds is 4. The predicted octanol–water partition coefficient (Wildman–Crippen LogP) is 2.59. The number of benzene rings is 1. The monoisotopic (exact) mass is 299 g/mol. The minimum Gasteiger partial charge on any atom is -0.468 e. The first-order chi connectivity index (χ1) is 8.08. The lowest BCUT2D eigenvalue weighted by Gasteiger charge is -2.12. The van der Waals surface area contributed by atoms with Crippen molar-refractivity contribution < 1.29 is 14.3 Å². The van der Waals surface area contributed by atoms with Crippen LogP contribution in [0.1, 0.15) is 13.3 Å². The Bertz CT molecular complexity index is 403. The minimum absolute atomic E-state index is 0.346. The molecule has 0 spiro atoms. The molecule has 0 fully saturated rings. The maximum absolute atomic E-state index is 11.8.